The summed E-state index contributed by atoms with van der Waals surface area (Å²) in [5, 5.41) is 2.03. The van der Waals surface area contributed by atoms with Crippen molar-refractivity contribution in [2.45, 2.75) is 33.1 Å². The lowest BCUT2D eigenvalue weighted by Crippen LogP contribution is -2.06. The first kappa shape index (κ1) is 13.9. The number of benzene rings is 1. The summed E-state index contributed by atoms with van der Waals surface area (Å²) < 4.78 is 13.8. The van der Waals surface area contributed by atoms with E-state index in [2.05, 4.69) is 6.07 Å². The second-order valence-corrected chi connectivity index (χ2v) is 5.83. The lowest BCUT2D eigenvalue weighted by Gasteiger charge is -2.07. The van der Waals surface area contributed by atoms with Gasteiger partial charge in [-0.2, -0.15) is 0 Å². The molecule has 2 rings (SSSR count). The Morgan fingerprint density at radius 1 is 1.32 bits per heavy atom. The van der Waals surface area contributed by atoms with Gasteiger partial charge in [-0.05, 0) is 55.3 Å². The van der Waals surface area contributed by atoms with Gasteiger partial charge in [0.05, 0.1) is 5.56 Å². The van der Waals surface area contributed by atoms with Crippen LogP contribution in [0.5, 0.6) is 0 Å². The van der Waals surface area contributed by atoms with Crippen LogP contribution in [0, 0.1) is 19.7 Å². The number of Topliss-reactive ketones (excluding diaryl/α,β-unsaturated/α-hetero) is 1. The van der Waals surface area contributed by atoms with Gasteiger partial charge in [0.2, 0.25) is 0 Å². The topological polar surface area (TPSA) is 17.1 Å². The largest absolute Gasteiger partial charge is 0.294 e. The Hall–Kier alpha value is -1.48. The number of ketones is 1. The van der Waals surface area contributed by atoms with Crippen LogP contribution in [0.4, 0.5) is 4.39 Å². The molecule has 3 heteroatoms. The second-order valence-electron chi connectivity index (χ2n) is 4.79. The Labute approximate surface area is 117 Å². The number of hydrogen-bond donors (Lipinski definition) is 0. The van der Waals surface area contributed by atoms with Gasteiger partial charge >= 0.3 is 0 Å². The van der Waals surface area contributed by atoms with Crippen molar-refractivity contribution in [3.8, 4) is 0 Å². The highest BCUT2D eigenvalue weighted by Gasteiger charge is 2.15. The van der Waals surface area contributed by atoms with Crippen LogP contribution in [0.1, 0.15) is 39.2 Å². The van der Waals surface area contributed by atoms with E-state index in [1.807, 2.05) is 24.4 Å². The molecule has 1 aromatic heterocycles. The summed E-state index contributed by atoms with van der Waals surface area (Å²) in [6.07, 6.45) is 2.06. The predicted molar refractivity (Wildman–Crippen MR) is 77.5 cm³/mol. The van der Waals surface area contributed by atoms with E-state index >= 15 is 0 Å². The SMILES string of the molecule is Cc1cc(C)c(C(=O)CCCc2cccs2)c(F)c1. The normalized spacial score (nSPS) is 10.7. The molecule has 0 aliphatic carbocycles. The van der Waals surface area contributed by atoms with Gasteiger partial charge in [-0.25, -0.2) is 4.39 Å². The summed E-state index contributed by atoms with van der Waals surface area (Å²) in [4.78, 5) is 13.4. The van der Waals surface area contributed by atoms with Crippen molar-refractivity contribution in [1.29, 1.82) is 0 Å². The summed E-state index contributed by atoms with van der Waals surface area (Å²) in [5.74, 6) is -0.481. The monoisotopic (exact) mass is 276 g/mol. The molecule has 0 amide bonds. The number of carbonyl (C=O) groups excluding carboxylic acids is 1. The van der Waals surface area contributed by atoms with Gasteiger partial charge in [-0.1, -0.05) is 12.1 Å². The Kier molecular flexibility index (Phi) is 4.48. The fourth-order valence-electron chi connectivity index (χ4n) is 2.27. The highest BCUT2D eigenvalue weighted by Crippen LogP contribution is 2.19. The summed E-state index contributed by atoms with van der Waals surface area (Å²) in [6.45, 7) is 3.63. The maximum Gasteiger partial charge on any atom is 0.166 e. The number of thiophene rings is 1. The Morgan fingerprint density at radius 2 is 2.11 bits per heavy atom. The van der Waals surface area contributed by atoms with E-state index in [-0.39, 0.29) is 11.3 Å². The maximum absolute atomic E-state index is 13.8. The number of halogens is 1. The number of carbonyl (C=O) groups is 1. The minimum absolute atomic E-state index is 0.0912. The molecule has 0 unspecified atom stereocenters. The van der Waals surface area contributed by atoms with E-state index in [9.17, 15) is 9.18 Å². The van der Waals surface area contributed by atoms with Crippen LogP contribution < -0.4 is 0 Å². The third kappa shape index (κ3) is 3.51. The predicted octanol–water partition coefficient (Wildman–Crippen LogP) is 4.71. The molecule has 0 fully saturated rings. The van der Waals surface area contributed by atoms with E-state index in [1.165, 1.54) is 10.9 Å². The minimum atomic E-state index is -0.390. The third-order valence-corrected chi connectivity index (χ3v) is 4.05. The van der Waals surface area contributed by atoms with Crippen molar-refractivity contribution in [2.24, 2.45) is 0 Å². The minimum Gasteiger partial charge on any atom is -0.294 e. The van der Waals surface area contributed by atoms with Gasteiger partial charge < -0.3 is 0 Å². The molecule has 1 aromatic carbocycles. The zero-order valence-corrected chi connectivity index (χ0v) is 12.0. The van der Waals surface area contributed by atoms with Crippen molar-refractivity contribution in [1.82, 2.24) is 0 Å². The van der Waals surface area contributed by atoms with Crippen LogP contribution >= 0.6 is 11.3 Å². The summed E-state index contributed by atoms with van der Waals surface area (Å²) >= 11 is 1.69. The highest BCUT2D eigenvalue weighted by atomic mass is 32.1. The highest BCUT2D eigenvalue weighted by molar-refractivity contribution is 7.09. The zero-order valence-electron chi connectivity index (χ0n) is 11.2. The molecule has 0 aliphatic heterocycles. The summed E-state index contributed by atoms with van der Waals surface area (Å²) in [7, 11) is 0. The smallest absolute Gasteiger partial charge is 0.166 e. The van der Waals surface area contributed by atoms with Crippen LogP contribution in [0.25, 0.3) is 0 Å². The molecule has 0 radical (unpaired) electrons. The molecular weight excluding hydrogens is 259 g/mol. The number of hydrogen-bond acceptors (Lipinski definition) is 2. The van der Waals surface area contributed by atoms with E-state index in [0.717, 1.165) is 24.0 Å². The van der Waals surface area contributed by atoms with Gasteiger partial charge in [-0.3, -0.25) is 4.79 Å². The molecule has 0 saturated carbocycles. The van der Waals surface area contributed by atoms with Crippen LogP contribution in [0.15, 0.2) is 29.6 Å². The summed E-state index contributed by atoms with van der Waals surface area (Å²) in [5.41, 5.74) is 1.85. The maximum atomic E-state index is 13.8. The molecule has 1 nitrogen and oxygen atoms in total. The van der Waals surface area contributed by atoms with Crippen LogP contribution in [-0.4, -0.2) is 5.78 Å². The molecule has 19 heavy (non-hydrogen) atoms. The third-order valence-electron chi connectivity index (χ3n) is 3.12. The van der Waals surface area contributed by atoms with Gasteiger partial charge in [0.15, 0.2) is 5.78 Å². The Morgan fingerprint density at radius 3 is 2.74 bits per heavy atom. The Balaban J connectivity index is 2.00. The molecule has 0 saturated heterocycles. The lowest BCUT2D eigenvalue weighted by atomic mass is 9.98. The Bertz CT molecular complexity index is 549. The fourth-order valence-corrected chi connectivity index (χ4v) is 3.02. The van der Waals surface area contributed by atoms with Crippen LogP contribution in [0.2, 0.25) is 0 Å². The first-order chi connectivity index (χ1) is 9.08. The molecule has 0 atom stereocenters. The average molecular weight is 276 g/mol. The van der Waals surface area contributed by atoms with Gasteiger partial charge in [-0.15, -0.1) is 11.3 Å². The van der Waals surface area contributed by atoms with Crippen molar-refractivity contribution >= 4 is 17.1 Å². The van der Waals surface area contributed by atoms with Crippen molar-refractivity contribution in [3.63, 3.8) is 0 Å². The molecule has 1 heterocycles. The first-order valence-corrected chi connectivity index (χ1v) is 7.28. The fraction of sp³-hybridized carbons (Fsp3) is 0.312. The average Bonchev–Trinajstić information content (AvgIpc) is 2.80. The molecule has 0 aliphatic rings. The number of rotatable bonds is 5. The molecule has 2 aromatic rings. The molecule has 100 valence electrons. The van der Waals surface area contributed by atoms with Gasteiger partial charge in [0, 0.05) is 11.3 Å². The molecule has 0 spiro atoms. The van der Waals surface area contributed by atoms with E-state index in [4.69, 9.17) is 0 Å². The van der Waals surface area contributed by atoms with E-state index in [1.54, 1.807) is 18.3 Å². The quantitative estimate of drug-likeness (QED) is 0.723. The van der Waals surface area contributed by atoms with Crippen molar-refractivity contribution in [3.05, 3.63) is 57.0 Å². The lowest BCUT2D eigenvalue weighted by molar-refractivity contribution is 0.0975. The van der Waals surface area contributed by atoms with Gasteiger partial charge in [0.1, 0.15) is 5.82 Å². The molecular formula is C16H17FOS. The van der Waals surface area contributed by atoms with E-state index in [0.29, 0.717) is 6.42 Å². The number of aryl methyl sites for hydroxylation is 3. The summed E-state index contributed by atoms with van der Waals surface area (Å²) in [6, 6.07) is 7.35. The van der Waals surface area contributed by atoms with Crippen molar-refractivity contribution in [2.75, 3.05) is 0 Å². The first-order valence-electron chi connectivity index (χ1n) is 6.40. The second kappa shape index (κ2) is 6.11. The van der Waals surface area contributed by atoms with Gasteiger partial charge in [0.25, 0.3) is 0 Å². The van der Waals surface area contributed by atoms with Crippen molar-refractivity contribution < 1.29 is 9.18 Å². The zero-order chi connectivity index (χ0) is 13.8. The van der Waals surface area contributed by atoms with Crippen LogP contribution in [-0.2, 0) is 6.42 Å². The van der Waals surface area contributed by atoms with E-state index < -0.39 is 5.82 Å². The molecule has 0 bridgehead atoms. The van der Waals surface area contributed by atoms with Crippen LogP contribution in [0.3, 0.4) is 0 Å². The standard InChI is InChI=1S/C16H17FOS/c1-11-9-12(2)16(14(17)10-11)15(18)7-3-5-13-6-4-8-19-13/h4,6,8-10H,3,5,7H2,1-2H3. The molecule has 0 N–H and O–H groups in total.